The Labute approximate surface area is 393 Å². The molecule has 6 aromatic heterocycles. The molecule has 1 aliphatic heterocycles. The van der Waals surface area contributed by atoms with Crippen LogP contribution in [0.2, 0.25) is 15.5 Å². The van der Waals surface area contributed by atoms with Crippen LogP contribution in [0, 0.1) is 11.1 Å². The molecule has 1 fully saturated rings. The van der Waals surface area contributed by atoms with E-state index in [1.807, 2.05) is 45.2 Å². The second-order valence-electron chi connectivity index (χ2n) is 10.7. The molecule has 0 spiro atoms. The second-order valence-corrected chi connectivity index (χ2v) is 15.0. The fraction of sp³-hybridized carbons (Fsp3) is 0.387. The van der Waals surface area contributed by atoms with Gasteiger partial charge in [0.15, 0.2) is 29.0 Å². The molecule has 6 aromatic rings. The summed E-state index contributed by atoms with van der Waals surface area (Å²) in [5.41, 5.74) is 3.14. The Hall–Kier alpha value is -3.39. The highest BCUT2D eigenvalue weighted by atomic mass is 127. The lowest BCUT2D eigenvalue weighted by Crippen LogP contribution is -2.14. The van der Waals surface area contributed by atoms with Crippen molar-refractivity contribution < 1.29 is 42.9 Å². The van der Waals surface area contributed by atoms with E-state index in [9.17, 15) is 19.2 Å². The van der Waals surface area contributed by atoms with Crippen molar-refractivity contribution in [2.24, 2.45) is 0 Å². The van der Waals surface area contributed by atoms with Gasteiger partial charge in [-0.3, -0.25) is 14.7 Å². The molecular weight excluding hydrogens is 1180 g/mol. The maximum atomic E-state index is 11.5. The molecule has 0 saturated carbocycles. The van der Waals surface area contributed by atoms with Gasteiger partial charge in [-0.1, -0.05) is 42.2 Å². The summed E-state index contributed by atoms with van der Waals surface area (Å²) in [7, 11) is 2.49. The molecule has 21 nitrogen and oxygen atoms in total. The standard InChI is InChI=1S/C10H8ClIN4O4.C8H6ClIN4O2.C7H4ClIN4O2.C5H10O.CH4.B/c1-4(17)20-3-5-7(11)14-9-6(13-5)8(12)15-16(9)10(18)19-2;1-3(15)16-2-4-6(9)12-8-5(11-4)7(10)13-14-8;1-15-7(14)13-6-4(5(9)12-13)10-2-3(8)11-6;1-2-4-6-5-3-1;;/h3H2,1-2H3;2H2,1H3,(H,12,13,14);2H,1H3;1-5H2;1H4;. The SMILES string of the molecule is C.C1CCOCC1.CC(=O)OCc1nc2c(I)[nH]nc2nc1Cl.COC(=O)n1nc(I)c2nc(COC(C)=O)c(Cl)nc21.COC(=O)n1nc(I)c2ncc(Cl)nc21.[B]. The molecule has 0 unspecified atom stereocenters. The van der Waals surface area contributed by atoms with Gasteiger partial charge in [0.05, 0.1) is 20.4 Å². The highest BCUT2D eigenvalue weighted by Crippen LogP contribution is 2.23. The van der Waals surface area contributed by atoms with Gasteiger partial charge in [-0.05, 0) is 87.0 Å². The molecule has 0 amide bonds. The molecule has 0 aliphatic carbocycles. The lowest BCUT2D eigenvalue weighted by Gasteiger charge is -2.08. The van der Waals surface area contributed by atoms with Crippen molar-refractivity contribution in [2.75, 3.05) is 27.4 Å². The molecule has 0 aromatic carbocycles. The van der Waals surface area contributed by atoms with Gasteiger partial charge in [0, 0.05) is 35.5 Å². The number of nitrogens with one attached hydrogen (secondary N) is 1. The Morgan fingerprint density at radius 3 is 1.71 bits per heavy atom. The monoisotopic (exact) mass is 1210 g/mol. The van der Waals surface area contributed by atoms with E-state index in [0.717, 1.165) is 26.3 Å². The molecule has 315 valence electrons. The smallest absolute Gasteiger partial charge is 0.436 e. The number of H-pyrrole nitrogens is 1. The van der Waals surface area contributed by atoms with Crippen LogP contribution in [0.15, 0.2) is 6.20 Å². The summed E-state index contributed by atoms with van der Waals surface area (Å²) in [6.07, 6.45) is 4.01. The van der Waals surface area contributed by atoms with Crippen LogP contribution in [0.3, 0.4) is 0 Å². The zero-order valence-electron chi connectivity index (χ0n) is 30.5. The number of methoxy groups -OCH3 is 2. The summed E-state index contributed by atoms with van der Waals surface area (Å²) in [6, 6.07) is 0. The summed E-state index contributed by atoms with van der Waals surface area (Å²) >= 11 is 23.4. The molecular formula is C31H32BCl3I3N12O9. The van der Waals surface area contributed by atoms with E-state index >= 15 is 0 Å². The maximum Gasteiger partial charge on any atom is 0.436 e. The van der Waals surface area contributed by atoms with Crippen LogP contribution >= 0.6 is 103 Å². The van der Waals surface area contributed by atoms with E-state index in [0.29, 0.717) is 40.9 Å². The Morgan fingerprint density at radius 1 is 0.746 bits per heavy atom. The van der Waals surface area contributed by atoms with Gasteiger partial charge in [0.1, 0.15) is 50.0 Å². The third kappa shape index (κ3) is 14.4. The highest BCUT2D eigenvalue weighted by molar-refractivity contribution is 14.1. The third-order valence-electron chi connectivity index (χ3n) is 6.76. The van der Waals surface area contributed by atoms with E-state index in [2.05, 4.69) is 82.4 Å². The minimum absolute atomic E-state index is 0. The van der Waals surface area contributed by atoms with Crippen molar-refractivity contribution in [3.63, 3.8) is 0 Å². The number of fused-ring (bicyclic) bond motifs is 3. The van der Waals surface area contributed by atoms with Crippen molar-refractivity contribution in [2.45, 2.75) is 53.8 Å². The number of halogens is 6. The molecule has 1 N–H and O–H groups in total. The zero-order valence-corrected chi connectivity index (χ0v) is 39.2. The van der Waals surface area contributed by atoms with Crippen LogP contribution < -0.4 is 0 Å². The number of carbonyl (C=O) groups is 4. The van der Waals surface area contributed by atoms with Crippen LogP contribution in [0.25, 0.3) is 33.5 Å². The minimum atomic E-state index is -0.698. The molecule has 59 heavy (non-hydrogen) atoms. The number of esters is 2. The van der Waals surface area contributed by atoms with Crippen LogP contribution in [0.5, 0.6) is 0 Å². The van der Waals surface area contributed by atoms with E-state index < -0.39 is 18.2 Å². The number of hydrogen-bond donors (Lipinski definition) is 1. The van der Waals surface area contributed by atoms with Gasteiger partial charge in [-0.25, -0.2) is 39.5 Å². The number of aromatic nitrogens is 12. The average molecular weight is 1210 g/mol. The Morgan fingerprint density at radius 2 is 1.24 bits per heavy atom. The van der Waals surface area contributed by atoms with Crippen molar-refractivity contribution in [1.82, 2.24) is 59.7 Å². The number of ether oxygens (including phenoxy) is 5. The average Bonchev–Trinajstić information content (AvgIpc) is 3.84. The van der Waals surface area contributed by atoms with Gasteiger partial charge in [0.2, 0.25) is 5.65 Å². The van der Waals surface area contributed by atoms with E-state index in [1.165, 1.54) is 53.5 Å². The summed E-state index contributed by atoms with van der Waals surface area (Å²) in [5, 5.41) is 15.0. The first-order valence-electron chi connectivity index (χ1n) is 15.9. The van der Waals surface area contributed by atoms with Crippen molar-refractivity contribution in [3.05, 3.63) is 44.1 Å². The summed E-state index contributed by atoms with van der Waals surface area (Å²) in [6.45, 7) is 4.51. The first-order valence-corrected chi connectivity index (χ1v) is 20.3. The Bertz CT molecular complexity index is 2410. The number of hydrogen-bond acceptors (Lipinski definition) is 18. The van der Waals surface area contributed by atoms with Crippen molar-refractivity contribution >= 4 is 169 Å². The molecule has 1 aliphatic rings. The van der Waals surface area contributed by atoms with E-state index in [4.69, 9.17) is 49.0 Å². The minimum Gasteiger partial charge on any atom is -0.459 e. The van der Waals surface area contributed by atoms with Crippen LogP contribution in [-0.4, -0.2) is 120 Å². The van der Waals surface area contributed by atoms with E-state index in [1.54, 1.807) is 0 Å². The quantitative estimate of drug-likeness (QED) is 0.0846. The van der Waals surface area contributed by atoms with E-state index in [-0.39, 0.29) is 61.8 Å². The lowest BCUT2D eigenvalue weighted by atomic mass is 10.2. The predicted molar refractivity (Wildman–Crippen MR) is 239 cm³/mol. The normalized spacial score (nSPS) is 11.6. The number of nitrogens with zero attached hydrogens (tertiary/aromatic N) is 11. The van der Waals surface area contributed by atoms with Gasteiger partial charge < -0.3 is 23.7 Å². The summed E-state index contributed by atoms with van der Waals surface area (Å²) in [4.78, 5) is 68.9. The predicted octanol–water partition coefficient (Wildman–Crippen LogP) is 6.58. The number of aromatic amines is 1. The number of carbonyl (C=O) groups excluding carboxylic acids is 4. The molecule has 0 bridgehead atoms. The summed E-state index contributed by atoms with van der Waals surface area (Å²) in [5.74, 6) is -0.845. The molecule has 3 radical (unpaired) electrons. The first-order chi connectivity index (χ1) is 27.1. The lowest BCUT2D eigenvalue weighted by molar-refractivity contribution is -0.143. The molecule has 28 heteroatoms. The third-order valence-corrected chi connectivity index (χ3v) is 9.75. The fourth-order valence-electron chi connectivity index (χ4n) is 4.20. The molecule has 0 atom stereocenters. The highest BCUT2D eigenvalue weighted by Gasteiger charge is 2.21. The Kier molecular flexibility index (Phi) is 21.7. The molecule has 7 rings (SSSR count). The Balaban J connectivity index is 0.000000282. The van der Waals surface area contributed by atoms with Gasteiger partial charge in [-0.2, -0.15) is 15.3 Å². The van der Waals surface area contributed by atoms with Gasteiger partial charge in [-0.15, -0.1) is 9.36 Å². The maximum absolute atomic E-state index is 11.5. The first kappa shape index (κ1) is 51.8. The van der Waals surface area contributed by atoms with Crippen LogP contribution in [0.1, 0.15) is 51.9 Å². The van der Waals surface area contributed by atoms with Gasteiger partial charge >= 0.3 is 24.1 Å². The van der Waals surface area contributed by atoms with Crippen LogP contribution in [-0.2, 0) is 46.5 Å². The topological polar surface area (TPSA) is 256 Å². The van der Waals surface area contributed by atoms with Crippen molar-refractivity contribution in [3.8, 4) is 0 Å². The molecule has 1 saturated heterocycles. The van der Waals surface area contributed by atoms with Crippen LogP contribution in [0.4, 0.5) is 9.59 Å². The molecule has 7 heterocycles. The zero-order chi connectivity index (χ0) is 41.8. The second kappa shape index (κ2) is 24.8. The van der Waals surface area contributed by atoms with Gasteiger partial charge in [0.25, 0.3) is 0 Å². The summed E-state index contributed by atoms with van der Waals surface area (Å²) < 4.78 is 27.6. The number of rotatable bonds is 4. The van der Waals surface area contributed by atoms with Crippen molar-refractivity contribution in [1.29, 1.82) is 0 Å². The largest absolute Gasteiger partial charge is 0.459 e. The fourth-order valence-corrected chi connectivity index (χ4v) is 6.34.